The fourth-order valence-corrected chi connectivity index (χ4v) is 1.07. The highest BCUT2D eigenvalue weighted by Gasteiger charge is 2.18. The third-order valence-electron chi connectivity index (χ3n) is 1.29. The fraction of sp³-hybridized carbons (Fsp3) is 0.333. The van der Waals surface area contributed by atoms with Crippen LogP contribution in [0.3, 0.4) is 0 Å². The maximum absolute atomic E-state index is 11.0. The molecule has 0 aliphatic heterocycles. The first-order chi connectivity index (χ1) is 5.66. The van der Waals surface area contributed by atoms with Crippen molar-refractivity contribution in [1.82, 2.24) is 10.2 Å². The van der Waals surface area contributed by atoms with Crippen molar-refractivity contribution in [2.75, 3.05) is 7.11 Å². The molecule has 1 rings (SSSR count). The van der Waals surface area contributed by atoms with E-state index in [1.807, 2.05) is 0 Å². The number of halogens is 2. The molecule has 0 saturated carbocycles. The minimum atomic E-state index is -0.804. The van der Waals surface area contributed by atoms with Crippen molar-refractivity contribution in [3.05, 3.63) is 17.5 Å². The smallest absolute Gasteiger partial charge is 0.341 e. The molecule has 0 aliphatic rings. The quantitative estimate of drug-likeness (QED) is 0.595. The zero-order chi connectivity index (χ0) is 9.14. The molecule has 1 N–H and O–H groups in total. The second-order valence-corrected chi connectivity index (χ2v) is 3.09. The number of carbonyl (C=O) groups excluding carboxylic acids is 1. The Hall–Kier alpha value is -0.740. The first-order valence-electron chi connectivity index (χ1n) is 3.06. The molecule has 0 unspecified atom stereocenters. The normalized spacial score (nSPS) is 10.3. The average molecular weight is 209 g/mol. The average Bonchev–Trinajstić information content (AvgIpc) is 2.50. The SMILES string of the molecule is COC(=O)c1cn[nH]c1C(Cl)Cl. The van der Waals surface area contributed by atoms with E-state index in [2.05, 4.69) is 14.9 Å². The Balaban J connectivity index is 2.99. The number of ether oxygens (including phenoxy) is 1. The molecule has 1 aromatic heterocycles. The van der Waals surface area contributed by atoms with Gasteiger partial charge in [-0.25, -0.2) is 4.79 Å². The summed E-state index contributed by atoms with van der Waals surface area (Å²) in [5, 5.41) is 6.12. The van der Waals surface area contributed by atoms with Crippen molar-refractivity contribution in [2.24, 2.45) is 0 Å². The van der Waals surface area contributed by atoms with Gasteiger partial charge in [-0.3, -0.25) is 5.10 Å². The summed E-state index contributed by atoms with van der Waals surface area (Å²) >= 11 is 11.1. The van der Waals surface area contributed by atoms with Gasteiger partial charge in [0.05, 0.1) is 19.0 Å². The highest BCUT2D eigenvalue weighted by molar-refractivity contribution is 6.44. The predicted molar refractivity (Wildman–Crippen MR) is 44.4 cm³/mol. The largest absolute Gasteiger partial charge is 0.465 e. The zero-order valence-corrected chi connectivity index (χ0v) is 7.69. The molecule has 0 aliphatic carbocycles. The Morgan fingerprint density at radius 1 is 1.75 bits per heavy atom. The molecule has 1 aromatic rings. The van der Waals surface area contributed by atoms with E-state index in [0.29, 0.717) is 5.69 Å². The standard InChI is InChI=1S/C6H6Cl2N2O2/c1-12-6(11)3-2-9-10-4(3)5(7)8/h2,5H,1H3,(H,9,10). The molecule has 0 aromatic carbocycles. The van der Waals surface area contributed by atoms with Crippen molar-refractivity contribution in [1.29, 1.82) is 0 Å². The van der Waals surface area contributed by atoms with E-state index in [4.69, 9.17) is 23.2 Å². The van der Waals surface area contributed by atoms with Gasteiger partial charge in [-0.15, -0.1) is 0 Å². The van der Waals surface area contributed by atoms with Crippen LogP contribution in [0.25, 0.3) is 0 Å². The van der Waals surface area contributed by atoms with Gasteiger partial charge in [-0.2, -0.15) is 5.10 Å². The molecule has 6 heteroatoms. The number of aromatic nitrogens is 2. The molecule has 0 atom stereocenters. The summed E-state index contributed by atoms with van der Waals surface area (Å²) < 4.78 is 4.47. The van der Waals surface area contributed by atoms with Crippen LogP contribution in [-0.4, -0.2) is 23.3 Å². The maximum Gasteiger partial charge on any atom is 0.341 e. The van der Waals surface area contributed by atoms with Crippen molar-refractivity contribution in [2.45, 2.75) is 4.84 Å². The molecule has 0 radical (unpaired) electrons. The van der Waals surface area contributed by atoms with Crippen molar-refractivity contribution < 1.29 is 9.53 Å². The lowest BCUT2D eigenvalue weighted by molar-refractivity contribution is 0.0600. The minimum absolute atomic E-state index is 0.257. The Labute approximate surface area is 78.8 Å². The van der Waals surface area contributed by atoms with Crippen LogP contribution in [-0.2, 0) is 4.74 Å². The van der Waals surface area contributed by atoms with Gasteiger partial charge in [0.2, 0.25) is 0 Å². The highest BCUT2D eigenvalue weighted by atomic mass is 35.5. The van der Waals surface area contributed by atoms with Gasteiger partial charge in [-0.05, 0) is 0 Å². The highest BCUT2D eigenvalue weighted by Crippen LogP contribution is 2.25. The third-order valence-corrected chi connectivity index (χ3v) is 1.73. The Kier molecular flexibility index (Phi) is 2.94. The summed E-state index contributed by atoms with van der Waals surface area (Å²) in [7, 11) is 1.27. The maximum atomic E-state index is 11.0. The number of nitrogens with one attached hydrogen (secondary N) is 1. The van der Waals surface area contributed by atoms with Gasteiger partial charge in [0.25, 0.3) is 0 Å². The fourth-order valence-electron chi connectivity index (χ4n) is 0.735. The monoisotopic (exact) mass is 208 g/mol. The molecule has 12 heavy (non-hydrogen) atoms. The molecule has 66 valence electrons. The lowest BCUT2D eigenvalue weighted by Crippen LogP contribution is -2.03. The van der Waals surface area contributed by atoms with E-state index in [0.717, 1.165) is 0 Å². The Morgan fingerprint density at radius 3 is 2.92 bits per heavy atom. The number of rotatable bonds is 2. The molecule has 0 saturated heterocycles. The van der Waals surface area contributed by atoms with Crippen LogP contribution in [0, 0.1) is 0 Å². The van der Waals surface area contributed by atoms with E-state index in [-0.39, 0.29) is 5.56 Å². The number of H-pyrrole nitrogens is 1. The molecule has 4 nitrogen and oxygen atoms in total. The van der Waals surface area contributed by atoms with Crippen LogP contribution >= 0.6 is 23.2 Å². The summed E-state index contributed by atoms with van der Waals surface area (Å²) in [6.45, 7) is 0. The molecule has 0 bridgehead atoms. The number of hydrogen-bond donors (Lipinski definition) is 1. The van der Waals surface area contributed by atoms with Gasteiger partial charge in [0, 0.05) is 0 Å². The summed E-state index contributed by atoms with van der Waals surface area (Å²) in [5.74, 6) is -0.509. The van der Waals surface area contributed by atoms with E-state index < -0.39 is 10.8 Å². The van der Waals surface area contributed by atoms with Crippen LogP contribution in [0.4, 0.5) is 0 Å². The van der Waals surface area contributed by atoms with E-state index >= 15 is 0 Å². The lowest BCUT2D eigenvalue weighted by Gasteiger charge is -2.00. The van der Waals surface area contributed by atoms with Gasteiger partial charge in [-0.1, -0.05) is 23.2 Å². The van der Waals surface area contributed by atoms with Gasteiger partial charge in [0.15, 0.2) is 0 Å². The summed E-state index contributed by atoms with van der Waals surface area (Å²) in [4.78, 5) is 10.2. The Morgan fingerprint density at radius 2 is 2.42 bits per heavy atom. The van der Waals surface area contributed by atoms with Crippen molar-refractivity contribution in [3.8, 4) is 0 Å². The van der Waals surface area contributed by atoms with Crippen LogP contribution in [0.1, 0.15) is 20.9 Å². The van der Waals surface area contributed by atoms with E-state index in [1.165, 1.54) is 13.3 Å². The summed E-state index contributed by atoms with van der Waals surface area (Å²) in [6, 6.07) is 0. The number of hydrogen-bond acceptors (Lipinski definition) is 3. The third kappa shape index (κ3) is 1.70. The number of alkyl halides is 2. The molecular formula is C6H6Cl2N2O2. The number of nitrogens with zero attached hydrogens (tertiary/aromatic N) is 1. The predicted octanol–water partition coefficient (Wildman–Crippen LogP) is 1.67. The van der Waals surface area contributed by atoms with E-state index in [9.17, 15) is 4.79 Å². The van der Waals surface area contributed by atoms with Crippen molar-refractivity contribution >= 4 is 29.2 Å². The summed E-state index contributed by atoms with van der Waals surface area (Å²) in [6.07, 6.45) is 1.32. The topological polar surface area (TPSA) is 55.0 Å². The molecule has 0 spiro atoms. The molecule has 1 heterocycles. The van der Waals surface area contributed by atoms with Crippen LogP contribution in [0.15, 0.2) is 6.20 Å². The molecular weight excluding hydrogens is 203 g/mol. The van der Waals surface area contributed by atoms with Crippen LogP contribution in [0.5, 0.6) is 0 Å². The number of aromatic amines is 1. The number of methoxy groups -OCH3 is 1. The first-order valence-corrected chi connectivity index (χ1v) is 3.93. The second kappa shape index (κ2) is 3.78. The zero-order valence-electron chi connectivity index (χ0n) is 6.17. The molecule has 0 fully saturated rings. The lowest BCUT2D eigenvalue weighted by atomic mass is 10.3. The van der Waals surface area contributed by atoms with Gasteiger partial charge >= 0.3 is 5.97 Å². The summed E-state index contributed by atoms with van der Waals surface area (Å²) in [5.41, 5.74) is 0.609. The number of carbonyl (C=O) groups is 1. The van der Waals surface area contributed by atoms with Gasteiger partial charge < -0.3 is 4.74 Å². The van der Waals surface area contributed by atoms with Gasteiger partial charge in [0.1, 0.15) is 10.4 Å². The van der Waals surface area contributed by atoms with Crippen LogP contribution in [0.2, 0.25) is 0 Å². The Bertz CT molecular complexity index is 285. The van der Waals surface area contributed by atoms with E-state index in [1.54, 1.807) is 0 Å². The van der Waals surface area contributed by atoms with Crippen LogP contribution < -0.4 is 0 Å². The van der Waals surface area contributed by atoms with Crippen molar-refractivity contribution in [3.63, 3.8) is 0 Å². The first kappa shape index (κ1) is 9.35. The second-order valence-electron chi connectivity index (χ2n) is 1.99. The minimum Gasteiger partial charge on any atom is -0.465 e. The number of esters is 1. The molecule has 0 amide bonds.